The SMILES string of the molecule is C/C=C/[C@H]1C[C@]2(CCN1Cc1cccc(OC(C)C)c1)C(NC1CCCCC1)=NCN2c1cccc(F)c1. The zero-order valence-electron chi connectivity index (χ0n) is 23.2. The van der Waals surface area contributed by atoms with Gasteiger partial charge in [0, 0.05) is 30.9 Å². The van der Waals surface area contributed by atoms with Crippen LogP contribution in [0.4, 0.5) is 10.1 Å². The van der Waals surface area contributed by atoms with E-state index in [0.29, 0.717) is 12.7 Å². The smallest absolute Gasteiger partial charge is 0.125 e. The zero-order valence-corrected chi connectivity index (χ0v) is 23.2. The molecular formula is C32H43FN4O. The van der Waals surface area contributed by atoms with Gasteiger partial charge in [0.25, 0.3) is 0 Å². The molecule has 2 atom stereocenters. The normalized spacial score (nSPS) is 24.9. The molecule has 1 saturated carbocycles. The fraction of sp³-hybridized carbons (Fsp3) is 0.531. The molecule has 0 radical (unpaired) electrons. The number of aliphatic imine (C=N–C) groups is 1. The van der Waals surface area contributed by atoms with Crippen molar-refractivity contribution in [1.29, 1.82) is 0 Å². The van der Waals surface area contributed by atoms with E-state index in [1.165, 1.54) is 43.7 Å². The lowest BCUT2D eigenvalue weighted by Crippen LogP contribution is -2.63. The summed E-state index contributed by atoms with van der Waals surface area (Å²) in [4.78, 5) is 10.0. The van der Waals surface area contributed by atoms with Crippen molar-refractivity contribution in [2.45, 2.75) is 96.0 Å². The third kappa shape index (κ3) is 5.90. The van der Waals surface area contributed by atoms with Crippen molar-refractivity contribution in [2.24, 2.45) is 4.99 Å². The Morgan fingerprint density at radius 2 is 1.95 bits per heavy atom. The van der Waals surface area contributed by atoms with E-state index in [0.717, 1.165) is 43.2 Å². The standard InChI is InChI=1S/C32H43FN4O/c1-4-10-29-21-32(17-18-36(29)22-25-11-8-16-30(19-25)38-24(2)3)31(35-27-13-6-5-7-14-27)34-23-37(32)28-15-9-12-26(33)20-28/h4,8-12,15-16,19-20,24,27,29H,5-7,13-14,17-18,21-23H2,1-3H3,(H,34,35)/b10-4+/t29-,32+/m0/s1. The van der Waals surface area contributed by atoms with E-state index in [1.807, 2.05) is 18.2 Å². The van der Waals surface area contributed by atoms with Crippen LogP contribution in [0, 0.1) is 5.82 Å². The average Bonchev–Trinajstić information content (AvgIpc) is 3.23. The average molecular weight is 519 g/mol. The summed E-state index contributed by atoms with van der Waals surface area (Å²) < 4.78 is 20.3. The lowest BCUT2D eigenvalue weighted by Gasteiger charge is -2.50. The van der Waals surface area contributed by atoms with Crippen LogP contribution in [0.3, 0.4) is 0 Å². The van der Waals surface area contributed by atoms with E-state index < -0.39 is 0 Å². The topological polar surface area (TPSA) is 40.1 Å². The van der Waals surface area contributed by atoms with Gasteiger partial charge in [-0.1, -0.05) is 49.6 Å². The fourth-order valence-corrected chi connectivity index (χ4v) is 6.51. The van der Waals surface area contributed by atoms with E-state index in [4.69, 9.17) is 9.73 Å². The number of amidine groups is 1. The van der Waals surface area contributed by atoms with Crippen LogP contribution in [0.5, 0.6) is 5.75 Å². The molecule has 1 N–H and O–H groups in total. The third-order valence-corrected chi connectivity index (χ3v) is 8.29. The Morgan fingerprint density at radius 1 is 1.13 bits per heavy atom. The maximum Gasteiger partial charge on any atom is 0.125 e. The number of anilines is 1. The molecule has 2 aliphatic heterocycles. The minimum absolute atomic E-state index is 0.154. The molecule has 0 amide bonds. The Morgan fingerprint density at radius 3 is 2.71 bits per heavy atom. The molecule has 1 aliphatic carbocycles. The Bertz CT molecular complexity index is 1140. The van der Waals surface area contributed by atoms with E-state index >= 15 is 0 Å². The highest BCUT2D eigenvalue weighted by Crippen LogP contribution is 2.41. The molecule has 2 aromatic carbocycles. The van der Waals surface area contributed by atoms with Gasteiger partial charge in [0.2, 0.25) is 0 Å². The van der Waals surface area contributed by atoms with Gasteiger partial charge in [0.15, 0.2) is 0 Å². The molecule has 204 valence electrons. The van der Waals surface area contributed by atoms with E-state index in [-0.39, 0.29) is 23.5 Å². The molecule has 38 heavy (non-hydrogen) atoms. The molecule has 5 rings (SSSR count). The van der Waals surface area contributed by atoms with Gasteiger partial charge in [0.05, 0.1) is 6.10 Å². The van der Waals surface area contributed by atoms with Crippen molar-refractivity contribution >= 4 is 11.5 Å². The quantitative estimate of drug-likeness (QED) is 0.415. The summed E-state index contributed by atoms with van der Waals surface area (Å²) >= 11 is 0. The van der Waals surface area contributed by atoms with Gasteiger partial charge >= 0.3 is 0 Å². The molecule has 2 heterocycles. The van der Waals surface area contributed by atoms with Crippen LogP contribution >= 0.6 is 0 Å². The highest BCUT2D eigenvalue weighted by Gasteiger charge is 2.50. The lowest BCUT2D eigenvalue weighted by molar-refractivity contribution is 0.137. The molecule has 1 saturated heterocycles. The molecule has 0 bridgehead atoms. The number of likely N-dealkylation sites (tertiary alicyclic amines) is 1. The molecule has 0 aromatic heterocycles. The first-order valence-electron chi connectivity index (χ1n) is 14.4. The van der Waals surface area contributed by atoms with Crippen molar-refractivity contribution < 1.29 is 9.13 Å². The summed E-state index contributed by atoms with van der Waals surface area (Å²) in [5.41, 5.74) is 1.91. The van der Waals surface area contributed by atoms with Gasteiger partial charge < -0.3 is 15.0 Å². The number of nitrogens with one attached hydrogen (secondary N) is 1. The Labute approximate surface area is 227 Å². The van der Waals surface area contributed by atoms with Gasteiger partial charge in [-0.25, -0.2) is 9.38 Å². The summed E-state index contributed by atoms with van der Waals surface area (Å²) in [7, 11) is 0. The molecule has 2 fully saturated rings. The maximum absolute atomic E-state index is 14.4. The zero-order chi connectivity index (χ0) is 26.5. The maximum atomic E-state index is 14.4. The van der Waals surface area contributed by atoms with Crippen molar-refractivity contribution in [1.82, 2.24) is 10.2 Å². The van der Waals surface area contributed by atoms with Crippen LogP contribution in [-0.4, -0.2) is 47.7 Å². The fourth-order valence-electron chi connectivity index (χ4n) is 6.51. The molecule has 0 unspecified atom stereocenters. The van der Waals surface area contributed by atoms with Crippen LogP contribution in [0.15, 0.2) is 65.7 Å². The number of hydrogen-bond donors (Lipinski definition) is 1. The highest BCUT2D eigenvalue weighted by molar-refractivity contribution is 5.97. The van der Waals surface area contributed by atoms with E-state index in [9.17, 15) is 4.39 Å². The number of rotatable bonds is 7. The second-order valence-electron chi connectivity index (χ2n) is 11.4. The number of ether oxygens (including phenoxy) is 1. The van der Waals surface area contributed by atoms with Crippen LogP contribution in [0.2, 0.25) is 0 Å². The second-order valence-corrected chi connectivity index (χ2v) is 11.4. The molecule has 5 nitrogen and oxygen atoms in total. The van der Waals surface area contributed by atoms with Gasteiger partial charge in [-0.15, -0.1) is 0 Å². The summed E-state index contributed by atoms with van der Waals surface area (Å²) in [6.45, 7) is 8.58. The molecule has 1 spiro atoms. The lowest BCUT2D eigenvalue weighted by atomic mass is 9.79. The van der Waals surface area contributed by atoms with E-state index in [1.54, 1.807) is 6.07 Å². The van der Waals surface area contributed by atoms with Crippen molar-refractivity contribution in [2.75, 3.05) is 18.1 Å². The molecule has 6 heteroatoms. The minimum atomic E-state index is -0.269. The number of hydrogen-bond acceptors (Lipinski definition) is 5. The first kappa shape index (κ1) is 26.7. The Balaban J connectivity index is 1.41. The van der Waals surface area contributed by atoms with Crippen LogP contribution in [0.1, 0.15) is 71.3 Å². The van der Waals surface area contributed by atoms with Crippen molar-refractivity contribution in [3.8, 4) is 5.75 Å². The number of allylic oxidation sites excluding steroid dienone is 1. The first-order chi connectivity index (χ1) is 18.5. The predicted molar refractivity (Wildman–Crippen MR) is 154 cm³/mol. The largest absolute Gasteiger partial charge is 0.491 e. The van der Waals surface area contributed by atoms with Crippen molar-refractivity contribution in [3.05, 3.63) is 72.1 Å². The Hall–Kier alpha value is -2.86. The summed E-state index contributed by atoms with van der Waals surface area (Å²) in [6.07, 6.45) is 12.8. The van der Waals surface area contributed by atoms with E-state index in [2.05, 4.69) is 66.2 Å². The first-order valence-corrected chi connectivity index (χ1v) is 14.4. The molecule has 3 aliphatic rings. The van der Waals surface area contributed by atoms with Crippen LogP contribution in [-0.2, 0) is 6.54 Å². The molecular weight excluding hydrogens is 475 g/mol. The number of benzene rings is 2. The third-order valence-electron chi connectivity index (χ3n) is 8.29. The van der Waals surface area contributed by atoms with Gasteiger partial charge in [-0.2, -0.15) is 0 Å². The van der Waals surface area contributed by atoms with Crippen molar-refractivity contribution in [3.63, 3.8) is 0 Å². The Kier molecular flexibility index (Phi) is 8.37. The second kappa shape index (κ2) is 11.9. The summed E-state index contributed by atoms with van der Waals surface area (Å²) in [6, 6.07) is 16.2. The van der Waals surface area contributed by atoms with Gasteiger partial charge in [-0.3, -0.25) is 4.90 Å². The monoisotopic (exact) mass is 518 g/mol. The number of nitrogens with zero attached hydrogens (tertiary/aromatic N) is 3. The minimum Gasteiger partial charge on any atom is -0.491 e. The molecule has 2 aromatic rings. The highest BCUT2D eigenvalue weighted by atomic mass is 19.1. The van der Waals surface area contributed by atoms with Crippen LogP contribution < -0.4 is 15.0 Å². The van der Waals surface area contributed by atoms with Gasteiger partial charge in [-0.05, 0) is 82.3 Å². The number of halogens is 1. The predicted octanol–water partition coefficient (Wildman–Crippen LogP) is 6.69. The van der Waals surface area contributed by atoms with Crippen LogP contribution in [0.25, 0.3) is 0 Å². The summed E-state index contributed by atoms with van der Waals surface area (Å²) in [5, 5.41) is 3.90. The summed E-state index contributed by atoms with van der Waals surface area (Å²) in [5.74, 6) is 1.83. The number of piperidine rings is 1. The van der Waals surface area contributed by atoms with Gasteiger partial charge in [0.1, 0.15) is 29.6 Å².